The van der Waals surface area contributed by atoms with Gasteiger partial charge in [-0.2, -0.15) is 5.10 Å². The zero-order valence-corrected chi connectivity index (χ0v) is 13.8. The number of ether oxygens (including phenoxy) is 1. The van der Waals surface area contributed by atoms with Crippen molar-refractivity contribution in [1.29, 1.82) is 0 Å². The second kappa shape index (κ2) is 5.51. The topological polar surface area (TPSA) is 77.6 Å². The number of hydrogen-bond donors (Lipinski definition) is 1. The summed E-state index contributed by atoms with van der Waals surface area (Å²) < 4.78 is 5.79. The Morgan fingerprint density at radius 2 is 2.26 bits per heavy atom. The molecule has 2 aliphatic carbocycles. The Labute approximate surface area is 136 Å². The molecule has 2 aliphatic rings. The fraction of sp³-hybridized carbons (Fsp3) is 0.588. The standard InChI is InChI=1S/C17H23N3O3/c1-16(2)12-7-8-17(16,3)13(10-12)18-19-14(21)11-23-15-6-4-5-9-20(15)22/h4-6,9,12H,7-8,10-11H2,1-3H3,(H,19,21)/b18-13+. The molecule has 23 heavy (non-hydrogen) atoms. The number of nitrogens with one attached hydrogen (secondary N) is 1. The molecular formula is C17H23N3O3. The molecule has 0 aliphatic heterocycles. The quantitative estimate of drug-likeness (QED) is 0.524. The molecule has 2 unspecified atom stereocenters. The van der Waals surface area contributed by atoms with Gasteiger partial charge in [0.2, 0.25) is 0 Å². The van der Waals surface area contributed by atoms with E-state index in [4.69, 9.17) is 4.74 Å². The van der Waals surface area contributed by atoms with Gasteiger partial charge in [0.25, 0.3) is 5.91 Å². The number of rotatable bonds is 4. The zero-order chi connectivity index (χ0) is 16.7. The second-order valence-electron chi connectivity index (χ2n) is 7.24. The number of amides is 1. The molecule has 2 atom stereocenters. The predicted molar refractivity (Wildman–Crippen MR) is 85.7 cm³/mol. The molecule has 1 aromatic heterocycles. The minimum absolute atomic E-state index is 0.0588. The van der Waals surface area contributed by atoms with Gasteiger partial charge < -0.3 is 9.94 Å². The minimum atomic E-state index is -0.356. The van der Waals surface area contributed by atoms with Gasteiger partial charge in [0.15, 0.2) is 12.8 Å². The lowest BCUT2D eigenvalue weighted by molar-refractivity contribution is -0.612. The summed E-state index contributed by atoms with van der Waals surface area (Å²) in [5.41, 5.74) is 3.94. The van der Waals surface area contributed by atoms with E-state index in [0.717, 1.165) is 18.6 Å². The van der Waals surface area contributed by atoms with E-state index >= 15 is 0 Å². The first-order valence-corrected chi connectivity index (χ1v) is 8.01. The summed E-state index contributed by atoms with van der Waals surface area (Å²) in [5.74, 6) is 0.386. The van der Waals surface area contributed by atoms with Gasteiger partial charge in [0.05, 0.1) is 6.07 Å². The summed E-state index contributed by atoms with van der Waals surface area (Å²) >= 11 is 0. The van der Waals surface area contributed by atoms with Crippen LogP contribution in [-0.4, -0.2) is 18.2 Å². The molecule has 0 aromatic carbocycles. The highest BCUT2D eigenvalue weighted by atomic mass is 16.6. The molecule has 3 rings (SSSR count). The highest BCUT2D eigenvalue weighted by molar-refractivity contribution is 5.95. The van der Waals surface area contributed by atoms with Crippen LogP contribution in [0.2, 0.25) is 0 Å². The Bertz CT molecular complexity index is 656. The molecular weight excluding hydrogens is 294 g/mol. The van der Waals surface area contributed by atoms with Crippen molar-refractivity contribution in [1.82, 2.24) is 5.43 Å². The SMILES string of the molecule is CC12CCC(C/C1=N\NC(=O)COc1cccc[n+]1[O-])C2(C)C. The normalized spacial score (nSPS) is 29.7. The zero-order valence-electron chi connectivity index (χ0n) is 13.8. The molecule has 6 nitrogen and oxygen atoms in total. The maximum absolute atomic E-state index is 11.9. The van der Waals surface area contributed by atoms with Crippen LogP contribution in [0.25, 0.3) is 0 Å². The molecule has 1 N–H and O–H groups in total. The number of hydrogen-bond acceptors (Lipinski definition) is 4. The van der Waals surface area contributed by atoms with Crippen molar-refractivity contribution < 1.29 is 14.3 Å². The average Bonchev–Trinajstić information content (AvgIpc) is 2.85. The van der Waals surface area contributed by atoms with Crippen molar-refractivity contribution in [2.24, 2.45) is 21.8 Å². The molecule has 2 fully saturated rings. The maximum Gasteiger partial charge on any atom is 0.379 e. The summed E-state index contributed by atoms with van der Waals surface area (Å²) in [7, 11) is 0. The summed E-state index contributed by atoms with van der Waals surface area (Å²) in [5, 5.41) is 15.8. The maximum atomic E-state index is 11.9. The molecule has 1 aromatic rings. The number of pyridine rings is 1. The van der Waals surface area contributed by atoms with Gasteiger partial charge in [-0.1, -0.05) is 20.8 Å². The van der Waals surface area contributed by atoms with Crippen LogP contribution in [0.1, 0.15) is 40.0 Å². The first kappa shape index (κ1) is 15.8. The lowest BCUT2D eigenvalue weighted by atomic mass is 9.70. The van der Waals surface area contributed by atoms with E-state index in [9.17, 15) is 10.0 Å². The van der Waals surface area contributed by atoms with Gasteiger partial charge in [-0.05, 0) is 36.7 Å². The van der Waals surface area contributed by atoms with E-state index in [0.29, 0.717) is 10.6 Å². The highest BCUT2D eigenvalue weighted by Crippen LogP contribution is 2.63. The Balaban J connectivity index is 1.59. The summed E-state index contributed by atoms with van der Waals surface area (Å²) in [6.07, 6.45) is 4.63. The molecule has 1 heterocycles. The van der Waals surface area contributed by atoms with Gasteiger partial charge in [-0.15, -0.1) is 4.73 Å². The second-order valence-corrected chi connectivity index (χ2v) is 7.24. The van der Waals surface area contributed by atoms with Crippen LogP contribution in [-0.2, 0) is 4.79 Å². The summed E-state index contributed by atoms with van der Waals surface area (Å²) in [6.45, 7) is 6.60. The Morgan fingerprint density at radius 3 is 2.87 bits per heavy atom. The van der Waals surface area contributed by atoms with E-state index in [1.807, 2.05) is 0 Å². The van der Waals surface area contributed by atoms with Crippen LogP contribution in [0.15, 0.2) is 29.5 Å². The number of fused-ring (bicyclic) bond motifs is 2. The monoisotopic (exact) mass is 317 g/mol. The fourth-order valence-corrected chi connectivity index (χ4v) is 3.92. The third kappa shape index (κ3) is 2.56. The Morgan fingerprint density at radius 1 is 1.48 bits per heavy atom. The van der Waals surface area contributed by atoms with Crippen LogP contribution in [0, 0.1) is 22.0 Å². The van der Waals surface area contributed by atoms with Crippen LogP contribution >= 0.6 is 0 Å². The fourth-order valence-electron chi connectivity index (χ4n) is 3.92. The van der Waals surface area contributed by atoms with Gasteiger partial charge in [-0.3, -0.25) is 4.79 Å². The lowest BCUT2D eigenvalue weighted by Crippen LogP contribution is -2.35. The van der Waals surface area contributed by atoms with Crippen LogP contribution in [0.5, 0.6) is 5.88 Å². The van der Waals surface area contributed by atoms with Crippen LogP contribution in [0.4, 0.5) is 0 Å². The van der Waals surface area contributed by atoms with Crippen molar-refractivity contribution in [2.75, 3.05) is 6.61 Å². The highest BCUT2D eigenvalue weighted by Gasteiger charge is 2.59. The first-order chi connectivity index (χ1) is 10.8. The van der Waals surface area contributed by atoms with Crippen molar-refractivity contribution >= 4 is 11.6 Å². The minimum Gasteiger partial charge on any atom is -0.616 e. The van der Waals surface area contributed by atoms with Gasteiger partial charge in [0.1, 0.15) is 0 Å². The number of nitrogens with zero attached hydrogens (tertiary/aromatic N) is 2. The number of carbonyl (C=O) groups is 1. The molecule has 0 radical (unpaired) electrons. The van der Waals surface area contributed by atoms with E-state index in [2.05, 4.69) is 31.3 Å². The molecule has 6 heteroatoms. The van der Waals surface area contributed by atoms with E-state index in [1.165, 1.54) is 18.7 Å². The average molecular weight is 317 g/mol. The van der Waals surface area contributed by atoms with Gasteiger partial charge >= 0.3 is 5.88 Å². The predicted octanol–water partition coefficient (Wildman–Crippen LogP) is 2.02. The van der Waals surface area contributed by atoms with Crippen molar-refractivity contribution in [2.45, 2.75) is 40.0 Å². The summed E-state index contributed by atoms with van der Waals surface area (Å²) in [6, 6.07) is 4.80. The smallest absolute Gasteiger partial charge is 0.379 e. The van der Waals surface area contributed by atoms with Crippen LogP contribution < -0.4 is 14.9 Å². The number of aromatic nitrogens is 1. The lowest BCUT2D eigenvalue weighted by Gasteiger charge is -2.34. The largest absolute Gasteiger partial charge is 0.616 e. The Hall–Kier alpha value is -2.11. The summed E-state index contributed by atoms with van der Waals surface area (Å²) in [4.78, 5) is 11.9. The molecule has 0 spiro atoms. The van der Waals surface area contributed by atoms with E-state index in [1.54, 1.807) is 12.1 Å². The third-order valence-corrected chi connectivity index (χ3v) is 5.97. The molecule has 0 saturated heterocycles. The van der Waals surface area contributed by atoms with Crippen molar-refractivity contribution in [3.05, 3.63) is 29.6 Å². The van der Waals surface area contributed by atoms with E-state index in [-0.39, 0.29) is 29.2 Å². The number of carbonyl (C=O) groups excluding carboxylic acids is 1. The van der Waals surface area contributed by atoms with E-state index < -0.39 is 0 Å². The van der Waals surface area contributed by atoms with Gasteiger partial charge in [-0.25, -0.2) is 5.43 Å². The van der Waals surface area contributed by atoms with Gasteiger partial charge in [0, 0.05) is 17.2 Å². The first-order valence-electron chi connectivity index (χ1n) is 8.01. The molecule has 2 bridgehead atoms. The molecule has 124 valence electrons. The molecule has 1 amide bonds. The van der Waals surface area contributed by atoms with Crippen molar-refractivity contribution in [3.63, 3.8) is 0 Å². The third-order valence-electron chi connectivity index (χ3n) is 5.97. The van der Waals surface area contributed by atoms with Crippen LogP contribution in [0.3, 0.4) is 0 Å². The van der Waals surface area contributed by atoms with Crippen molar-refractivity contribution in [3.8, 4) is 5.88 Å². The molecule has 2 saturated carbocycles. The Kier molecular flexibility index (Phi) is 3.78. The number of hydrazone groups is 1.